The lowest BCUT2D eigenvalue weighted by atomic mass is 10.2. The lowest BCUT2D eigenvalue weighted by Gasteiger charge is -2.04. The number of rotatable bonds is 2. The van der Waals surface area contributed by atoms with Gasteiger partial charge in [0.15, 0.2) is 5.51 Å². The number of thiazole rings is 1. The van der Waals surface area contributed by atoms with Gasteiger partial charge in [-0.3, -0.25) is 9.78 Å². The van der Waals surface area contributed by atoms with E-state index in [1.165, 1.54) is 11.3 Å². The number of amides is 1. The van der Waals surface area contributed by atoms with Gasteiger partial charge in [0.25, 0.3) is 5.91 Å². The number of benzene rings is 1. The normalized spacial score (nSPS) is 10.4. The first-order valence-corrected chi connectivity index (χ1v) is 6.12. The van der Waals surface area contributed by atoms with Crippen LogP contribution in [0.4, 0.5) is 5.69 Å². The van der Waals surface area contributed by atoms with Crippen molar-refractivity contribution < 1.29 is 4.79 Å². The average molecular weight is 254 g/mol. The van der Waals surface area contributed by atoms with E-state index < -0.39 is 0 Å². The number of aromatic nitrogens is 2. The van der Waals surface area contributed by atoms with E-state index in [1.54, 1.807) is 30.6 Å². The molecule has 5 heteroatoms. The Hall–Kier alpha value is -2.27. The fraction of sp³-hybridized carbons (Fsp3) is 0. The Morgan fingerprint density at radius 1 is 1.22 bits per heavy atom. The summed E-state index contributed by atoms with van der Waals surface area (Å²) in [6.45, 7) is 0. The van der Waals surface area contributed by atoms with Gasteiger partial charge in [-0.15, -0.1) is 11.3 Å². The van der Waals surface area contributed by atoms with Crippen LogP contribution in [0.5, 0.6) is 0 Å². The molecule has 2 aromatic heterocycles. The van der Waals surface area contributed by atoms with Crippen LogP contribution in [0.15, 0.2) is 42.7 Å². The van der Waals surface area contributed by atoms with Crippen molar-refractivity contribution in [2.45, 2.75) is 0 Å². The summed E-state index contributed by atoms with van der Waals surface area (Å²) < 4.78 is 0.956. The maximum absolute atomic E-state index is 12.0. The number of carbonyl (C=O) groups excluding carboxylic acids is 1. The van der Waals surface area contributed by atoms with Gasteiger partial charge in [0.1, 0.15) is 0 Å². The Morgan fingerprint density at radius 2 is 2.06 bits per heavy atom. The van der Waals surface area contributed by atoms with Crippen LogP contribution in [0.1, 0.15) is 10.4 Å². The zero-order valence-corrected chi connectivity index (χ0v) is 10.1. The highest BCUT2D eigenvalue weighted by atomic mass is 32.1. The molecule has 0 bridgehead atoms. The van der Waals surface area contributed by atoms with E-state index in [0.29, 0.717) is 5.56 Å². The number of pyridine rings is 1. The molecule has 1 radical (unpaired) electrons. The van der Waals surface area contributed by atoms with Crippen molar-refractivity contribution in [1.29, 1.82) is 0 Å². The van der Waals surface area contributed by atoms with Crippen LogP contribution in [0.3, 0.4) is 0 Å². The molecular formula is C13H8N3OS. The molecule has 0 aliphatic carbocycles. The van der Waals surface area contributed by atoms with Gasteiger partial charge in [0.2, 0.25) is 0 Å². The fourth-order valence-corrected chi connectivity index (χ4v) is 2.24. The summed E-state index contributed by atoms with van der Waals surface area (Å²) in [4.78, 5) is 20.0. The van der Waals surface area contributed by atoms with Crippen LogP contribution in [0.25, 0.3) is 10.2 Å². The lowest BCUT2D eigenvalue weighted by molar-refractivity contribution is 0.102. The Labute approximate surface area is 107 Å². The molecule has 0 aliphatic heterocycles. The summed E-state index contributed by atoms with van der Waals surface area (Å²) in [6.07, 6.45) is 3.27. The SMILES string of the molecule is O=C(Nc1ccncc1)c1ccc2n[c]sc2c1. The minimum atomic E-state index is -0.142. The fourth-order valence-electron chi connectivity index (χ4n) is 1.59. The van der Waals surface area contributed by atoms with Crippen molar-refractivity contribution in [2.75, 3.05) is 5.32 Å². The van der Waals surface area contributed by atoms with Crippen LogP contribution in [-0.2, 0) is 0 Å². The molecule has 2 heterocycles. The number of hydrogen-bond donors (Lipinski definition) is 1. The first-order chi connectivity index (χ1) is 8.83. The first-order valence-electron chi connectivity index (χ1n) is 5.31. The Morgan fingerprint density at radius 3 is 2.89 bits per heavy atom. The first kappa shape index (κ1) is 10.9. The zero-order chi connectivity index (χ0) is 12.4. The van der Waals surface area contributed by atoms with Gasteiger partial charge >= 0.3 is 0 Å². The summed E-state index contributed by atoms with van der Waals surface area (Å²) in [5.41, 5.74) is 5.00. The Balaban J connectivity index is 1.87. The Bertz CT molecular complexity index is 694. The predicted octanol–water partition coefficient (Wildman–Crippen LogP) is 2.74. The second-order valence-corrected chi connectivity index (χ2v) is 4.50. The summed E-state index contributed by atoms with van der Waals surface area (Å²) in [5.74, 6) is -0.142. The molecule has 1 amide bonds. The third-order valence-corrected chi connectivity index (χ3v) is 3.21. The van der Waals surface area contributed by atoms with E-state index in [9.17, 15) is 4.79 Å². The average Bonchev–Trinajstić information content (AvgIpc) is 2.87. The highest BCUT2D eigenvalue weighted by molar-refractivity contribution is 7.16. The van der Waals surface area contributed by atoms with E-state index in [1.807, 2.05) is 12.1 Å². The predicted molar refractivity (Wildman–Crippen MR) is 70.6 cm³/mol. The molecule has 0 aliphatic rings. The second kappa shape index (κ2) is 4.54. The monoisotopic (exact) mass is 254 g/mol. The maximum atomic E-state index is 12.0. The largest absolute Gasteiger partial charge is 0.322 e. The number of carbonyl (C=O) groups is 1. The minimum absolute atomic E-state index is 0.142. The molecule has 0 saturated carbocycles. The molecular weight excluding hydrogens is 246 g/mol. The molecule has 3 aromatic rings. The lowest BCUT2D eigenvalue weighted by Crippen LogP contribution is -2.11. The zero-order valence-electron chi connectivity index (χ0n) is 9.25. The quantitative estimate of drug-likeness (QED) is 0.765. The maximum Gasteiger partial charge on any atom is 0.255 e. The van der Waals surface area contributed by atoms with Gasteiger partial charge in [-0.2, -0.15) is 0 Å². The van der Waals surface area contributed by atoms with Crippen molar-refractivity contribution in [3.8, 4) is 0 Å². The molecule has 0 atom stereocenters. The molecule has 18 heavy (non-hydrogen) atoms. The number of nitrogens with zero attached hydrogens (tertiary/aromatic N) is 2. The topological polar surface area (TPSA) is 54.9 Å². The van der Waals surface area contributed by atoms with E-state index in [2.05, 4.69) is 20.8 Å². The van der Waals surface area contributed by atoms with E-state index in [-0.39, 0.29) is 5.91 Å². The molecule has 0 spiro atoms. The molecule has 1 N–H and O–H groups in total. The molecule has 3 rings (SSSR count). The van der Waals surface area contributed by atoms with Gasteiger partial charge in [-0.1, -0.05) is 0 Å². The van der Waals surface area contributed by atoms with Gasteiger partial charge in [0, 0.05) is 23.6 Å². The van der Waals surface area contributed by atoms with Gasteiger partial charge in [0.05, 0.1) is 10.2 Å². The molecule has 4 nitrogen and oxygen atoms in total. The summed E-state index contributed by atoms with van der Waals surface area (Å²) in [7, 11) is 0. The number of fused-ring (bicyclic) bond motifs is 1. The van der Waals surface area contributed by atoms with Crippen LogP contribution in [0.2, 0.25) is 0 Å². The van der Waals surface area contributed by atoms with Crippen molar-refractivity contribution in [3.05, 3.63) is 53.8 Å². The standard InChI is InChI=1S/C13H8N3OS/c17-13(16-10-3-5-14-6-4-10)9-1-2-11-12(7-9)18-8-15-11/h1-7H,(H,14,16,17). The molecule has 0 unspecified atom stereocenters. The van der Waals surface area contributed by atoms with Crippen LogP contribution in [-0.4, -0.2) is 15.9 Å². The molecule has 0 saturated heterocycles. The summed E-state index contributed by atoms with van der Waals surface area (Å²) in [6, 6.07) is 8.89. The summed E-state index contributed by atoms with van der Waals surface area (Å²) in [5, 5.41) is 2.81. The van der Waals surface area contributed by atoms with Crippen molar-refractivity contribution in [1.82, 2.24) is 9.97 Å². The van der Waals surface area contributed by atoms with Crippen LogP contribution < -0.4 is 5.32 Å². The highest BCUT2D eigenvalue weighted by Gasteiger charge is 2.07. The van der Waals surface area contributed by atoms with Gasteiger partial charge in [-0.25, -0.2) is 4.98 Å². The number of nitrogens with one attached hydrogen (secondary N) is 1. The third kappa shape index (κ3) is 2.08. The van der Waals surface area contributed by atoms with Crippen LogP contribution >= 0.6 is 11.3 Å². The van der Waals surface area contributed by atoms with Crippen molar-refractivity contribution in [3.63, 3.8) is 0 Å². The van der Waals surface area contributed by atoms with E-state index in [0.717, 1.165) is 15.9 Å². The number of hydrogen-bond acceptors (Lipinski definition) is 4. The highest BCUT2D eigenvalue weighted by Crippen LogP contribution is 2.19. The van der Waals surface area contributed by atoms with Gasteiger partial charge in [-0.05, 0) is 30.3 Å². The third-order valence-electron chi connectivity index (χ3n) is 2.48. The van der Waals surface area contributed by atoms with E-state index >= 15 is 0 Å². The summed E-state index contributed by atoms with van der Waals surface area (Å²) >= 11 is 1.40. The van der Waals surface area contributed by atoms with Crippen LogP contribution in [0, 0.1) is 5.51 Å². The van der Waals surface area contributed by atoms with Crippen molar-refractivity contribution >= 4 is 33.1 Å². The molecule has 0 fully saturated rings. The number of anilines is 1. The Kier molecular flexibility index (Phi) is 2.74. The minimum Gasteiger partial charge on any atom is -0.322 e. The second-order valence-electron chi connectivity index (χ2n) is 3.68. The van der Waals surface area contributed by atoms with Gasteiger partial charge < -0.3 is 5.32 Å². The smallest absolute Gasteiger partial charge is 0.255 e. The molecule has 1 aromatic carbocycles. The van der Waals surface area contributed by atoms with E-state index in [4.69, 9.17) is 0 Å². The van der Waals surface area contributed by atoms with Crippen molar-refractivity contribution in [2.24, 2.45) is 0 Å². The molecule has 87 valence electrons.